The van der Waals surface area contributed by atoms with Gasteiger partial charge in [-0.05, 0) is 6.42 Å². The van der Waals surface area contributed by atoms with E-state index in [1.54, 1.807) is 7.11 Å². The molecule has 0 unspecified atom stereocenters. The highest BCUT2D eigenvalue weighted by Gasteiger charge is 1.94. The molecule has 0 aliphatic rings. The van der Waals surface area contributed by atoms with Gasteiger partial charge >= 0.3 is 6.03 Å². The van der Waals surface area contributed by atoms with Crippen molar-refractivity contribution in [3.63, 3.8) is 0 Å². The van der Waals surface area contributed by atoms with Gasteiger partial charge in [-0.3, -0.25) is 0 Å². The third-order valence-corrected chi connectivity index (χ3v) is 1.13. The van der Waals surface area contributed by atoms with Gasteiger partial charge in [0, 0.05) is 20.2 Å². The first-order chi connectivity index (χ1) is 5.31. The quantitative estimate of drug-likeness (QED) is 0.570. The number of rotatable bonds is 5. The molecular weight excluding hydrogens is 144 g/mol. The fourth-order valence-electron chi connectivity index (χ4n) is 0.568. The van der Waals surface area contributed by atoms with Crippen molar-refractivity contribution in [1.29, 1.82) is 0 Å². The Morgan fingerprint density at radius 1 is 1.36 bits per heavy atom. The standard InChI is InChI=1S/C7H16N2O2/c1-3-4-8-7(10)9-5-6-11-2/h3-6H2,1-2H3,(H2,8,9,10). The minimum absolute atomic E-state index is 0.121. The third kappa shape index (κ3) is 7.12. The summed E-state index contributed by atoms with van der Waals surface area (Å²) >= 11 is 0. The summed E-state index contributed by atoms with van der Waals surface area (Å²) in [5.41, 5.74) is 0. The van der Waals surface area contributed by atoms with Crippen LogP contribution in [0.1, 0.15) is 13.3 Å². The van der Waals surface area contributed by atoms with E-state index < -0.39 is 0 Å². The molecule has 0 rings (SSSR count). The van der Waals surface area contributed by atoms with Crippen molar-refractivity contribution >= 4 is 6.03 Å². The average molecular weight is 160 g/mol. The largest absolute Gasteiger partial charge is 0.383 e. The highest BCUT2D eigenvalue weighted by atomic mass is 16.5. The lowest BCUT2D eigenvalue weighted by Crippen LogP contribution is -2.37. The van der Waals surface area contributed by atoms with E-state index >= 15 is 0 Å². The monoisotopic (exact) mass is 160 g/mol. The van der Waals surface area contributed by atoms with Crippen LogP contribution in [0.4, 0.5) is 4.79 Å². The highest BCUT2D eigenvalue weighted by molar-refractivity contribution is 5.73. The zero-order valence-corrected chi connectivity index (χ0v) is 7.14. The average Bonchev–Trinajstić information content (AvgIpc) is 2.01. The Morgan fingerprint density at radius 2 is 2.00 bits per heavy atom. The van der Waals surface area contributed by atoms with E-state index in [4.69, 9.17) is 4.74 Å². The molecule has 0 saturated carbocycles. The molecule has 0 saturated heterocycles. The van der Waals surface area contributed by atoms with E-state index in [-0.39, 0.29) is 6.03 Å². The molecule has 4 nitrogen and oxygen atoms in total. The molecule has 0 fully saturated rings. The van der Waals surface area contributed by atoms with Crippen LogP contribution in [0, 0.1) is 0 Å². The van der Waals surface area contributed by atoms with Crippen LogP contribution < -0.4 is 10.6 Å². The van der Waals surface area contributed by atoms with Crippen LogP contribution in [0.25, 0.3) is 0 Å². The van der Waals surface area contributed by atoms with Crippen LogP contribution in [0.2, 0.25) is 0 Å². The Kier molecular flexibility index (Phi) is 6.82. The lowest BCUT2D eigenvalue weighted by atomic mass is 10.5. The molecular formula is C7H16N2O2. The van der Waals surface area contributed by atoms with Gasteiger partial charge < -0.3 is 15.4 Å². The van der Waals surface area contributed by atoms with Crippen molar-refractivity contribution in [3.8, 4) is 0 Å². The van der Waals surface area contributed by atoms with Gasteiger partial charge in [0.2, 0.25) is 0 Å². The molecule has 0 aliphatic heterocycles. The number of carbonyl (C=O) groups is 1. The van der Waals surface area contributed by atoms with E-state index in [0.717, 1.165) is 13.0 Å². The van der Waals surface area contributed by atoms with Gasteiger partial charge in [-0.1, -0.05) is 6.92 Å². The summed E-state index contributed by atoms with van der Waals surface area (Å²) < 4.78 is 4.75. The van der Waals surface area contributed by atoms with Gasteiger partial charge in [0.05, 0.1) is 6.61 Å². The first-order valence-corrected chi connectivity index (χ1v) is 3.82. The van der Waals surface area contributed by atoms with Crippen molar-refractivity contribution in [2.75, 3.05) is 26.8 Å². The second-order valence-corrected chi connectivity index (χ2v) is 2.18. The van der Waals surface area contributed by atoms with Crippen molar-refractivity contribution in [2.24, 2.45) is 0 Å². The minimum atomic E-state index is -0.121. The molecule has 0 aromatic rings. The molecule has 0 spiro atoms. The van der Waals surface area contributed by atoms with E-state index in [1.165, 1.54) is 0 Å². The van der Waals surface area contributed by atoms with Crippen LogP contribution in [-0.2, 0) is 4.74 Å². The summed E-state index contributed by atoms with van der Waals surface area (Å²) in [5.74, 6) is 0. The van der Waals surface area contributed by atoms with Crippen molar-refractivity contribution in [2.45, 2.75) is 13.3 Å². The molecule has 2 amide bonds. The maximum Gasteiger partial charge on any atom is 0.314 e. The summed E-state index contributed by atoms with van der Waals surface area (Å²) in [5, 5.41) is 5.33. The fraction of sp³-hybridized carbons (Fsp3) is 0.857. The van der Waals surface area contributed by atoms with Crippen molar-refractivity contribution < 1.29 is 9.53 Å². The van der Waals surface area contributed by atoms with Gasteiger partial charge in [-0.25, -0.2) is 4.79 Å². The summed E-state index contributed by atoms with van der Waals surface area (Å²) in [7, 11) is 1.60. The zero-order valence-electron chi connectivity index (χ0n) is 7.14. The second kappa shape index (κ2) is 7.34. The number of nitrogens with one attached hydrogen (secondary N) is 2. The predicted molar refractivity (Wildman–Crippen MR) is 43.6 cm³/mol. The van der Waals surface area contributed by atoms with Crippen LogP contribution in [0.15, 0.2) is 0 Å². The molecule has 2 N–H and O–H groups in total. The number of methoxy groups -OCH3 is 1. The number of urea groups is 1. The lowest BCUT2D eigenvalue weighted by molar-refractivity contribution is 0.196. The number of amides is 2. The minimum Gasteiger partial charge on any atom is -0.383 e. The summed E-state index contributed by atoms with van der Waals surface area (Å²) in [6, 6.07) is -0.121. The van der Waals surface area contributed by atoms with Crippen molar-refractivity contribution in [3.05, 3.63) is 0 Å². The van der Waals surface area contributed by atoms with Crippen molar-refractivity contribution in [1.82, 2.24) is 10.6 Å². The van der Waals surface area contributed by atoms with Crippen LogP contribution in [0.3, 0.4) is 0 Å². The Labute approximate surface area is 67.3 Å². The van der Waals surface area contributed by atoms with Gasteiger partial charge in [0.15, 0.2) is 0 Å². The van der Waals surface area contributed by atoms with E-state index in [9.17, 15) is 4.79 Å². The molecule has 0 aromatic heterocycles. The molecule has 0 atom stereocenters. The normalized spacial score (nSPS) is 9.27. The zero-order chi connectivity index (χ0) is 8.53. The Morgan fingerprint density at radius 3 is 2.55 bits per heavy atom. The SMILES string of the molecule is CCCNC(=O)NCCOC. The first kappa shape index (κ1) is 10.2. The van der Waals surface area contributed by atoms with Crippen LogP contribution >= 0.6 is 0 Å². The smallest absolute Gasteiger partial charge is 0.314 e. The molecule has 0 radical (unpaired) electrons. The van der Waals surface area contributed by atoms with E-state index in [2.05, 4.69) is 10.6 Å². The molecule has 11 heavy (non-hydrogen) atoms. The fourth-order valence-corrected chi connectivity index (χ4v) is 0.568. The van der Waals surface area contributed by atoms with Gasteiger partial charge in [-0.15, -0.1) is 0 Å². The summed E-state index contributed by atoms with van der Waals surface area (Å²) in [6.45, 7) is 3.85. The maximum atomic E-state index is 10.8. The second-order valence-electron chi connectivity index (χ2n) is 2.18. The Hall–Kier alpha value is -0.770. The van der Waals surface area contributed by atoms with E-state index in [0.29, 0.717) is 13.2 Å². The molecule has 0 aromatic carbocycles. The van der Waals surface area contributed by atoms with E-state index in [1.807, 2.05) is 6.92 Å². The number of ether oxygens (including phenoxy) is 1. The molecule has 0 aliphatic carbocycles. The summed E-state index contributed by atoms with van der Waals surface area (Å²) in [4.78, 5) is 10.8. The van der Waals surface area contributed by atoms with Gasteiger partial charge in [0.25, 0.3) is 0 Å². The maximum absolute atomic E-state index is 10.8. The summed E-state index contributed by atoms with van der Waals surface area (Å²) in [6.07, 6.45) is 0.956. The number of hydrogen-bond acceptors (Lipinski definition) is 2. The van der Waals surface area contributed by atoms with Crippen LogP contribution in [-0.4, -0.2) is 32.8 Å². The highest BCUT2D eigenvalue weighted by Crippen LogP contribution is 1.71. The molecule has 0 heterocycles. The lowest BCUT2D eigenvalue weighted by Gasteiger charge is -2.04. The number of carbonyl (C=O) groups excluding carboxylic acids is 1. The Balaban J connectivity index is 3.09. The van der Waals surface area contributed by atoms with Gasteiger partial charge in [-0.2, -0.15) is 0 Å². The third-order valence-electron chi connectivity index (χ3n) is 1.13. The molecule has 0 bridgehead atoms. The topological polar surface area (TPSA) is 50.4 Å². The molecule has 66 valence electrons. The first-order valence-electron chi connectivity index (χ1n) is 3.82. The van der Waals surface area contributed by atoms with Gasteiger partial charge in [0.1, 0.15) is 0 Å². The molecule has 4 heteroatoms. The Bertz CT molecular complexity index is 107. The number of hydrogen-bond donors (Lipinski definition) is 2. The predicted octanol–water partition coefficient (Wildman–Crippen LogP) is 0.342. The van der Waals surface area contributed by atoms with Crippen LogP contribution in [0.5, 0.6) is 0 Å².